The summed E-state index contributed by atoms with van der Waals surface area (Å²) in [5.74, 6) is -0.178. The molecule has 1 heterocycles. The second-order valence-corrected chi connectivity index (χ2v) is 8.18. The molecule has 2 aromatic rings. The molecule has 0 bridgehead atoms. The maximum absolute atomic E-state index is 13.9. The molecule has 152 valence electrons. The number of nitrogens with zero attached hydrogens (tertiary/aromatic N) is 2. The minimum Gasteiger partial charge on any atom is -0.494 e. The van der Waals surface area contributed by atoms with Crippen molar-refractivity contribution in [2.75, 3.05) is 7.11 Å². The summed E-state index contributed by atoms with van der Waals surface area (Å²) in [6.45, 7) is 5.56. The molecule has 3 rings (SSSR count). The normalized spacial score (nSPS) is 19.9. The van der Waals surface area contributed by atoms with E-state index in [0.29, 0.717) is 0 Å². The van der Waals surface area contributed by atoms with E-state index in [4.69, 9.17) is 9.47 Å². The molecule has 1 aromatic carbocycles. The van der Waals surface area contributed by atoms with Crippen LogP contribution in [0.25, 0.3) is 11.3 Å². The van der Waals surface area contributed by atoms with Crippen LogP contribution in [0.15, 0.2) is 30.5 Å². The van der Waals surface area contributed by atoms with Gasteiger partial charge in [0.05, 0.1) is 18.8 Å². The average molecular weight is 389 g/mol. The van der Waals surface area contributed by atoms with Crippen LogP contribution >= 0.6 is 0 Å². The number of methoxy groups -OCH3 is 1. The van der Waals surface area contributed by atoms with E-state index in [0.717, 1.165) is 36.9 Å². The first kappa shape index (κ1) is 20.2. The van der Waals surface area contributed by atoms with Gasteiger partial charge in [0.1, 0.15) is 5.60 Å². The Hall–Kier alpha value is -2.57. The van der Waals surface area contributed by atoms with E-state index >= 15 is 0 Å². The molecule has 6 nitrogen and oxygen atoms in total. The number of nitrogens with one attached hydrogen (secondary N) is 1. The smallest absolute Gasteiger partial charge is 0.407 e. The number of aromatic nitrogens is 2. The van der Waals surface area contributed by atoms with E-state index in [1.54, 1.807) is 12.1 Å². The Bertz CT molecular complexity index is 821. The van der Waals surface area contributed by atoms with Crippen molar-refractivity contribution >= 4 is 6.09 Å². The van der Waals surface area contributed by atoms with E-state index < -0.39 is 11.4 Å². The summed E-state index contributed by atoms with van der Waals surface area (Å²) in [4.78, 5) is 11.9. The lowest BCUT2D eigenvalue weighted by molar-refractivity contribution is 0.0487. The largest absolute Gasteiger partial charge is 0.494 e. The summed E-state index contributed by atoms with van der Waals surface area (Å²) in [7, 11) is 1.45. The molecule has 28 heavy (non-hydrogen) atoms. The average Bonchev–Trinajstić information content (AvgIpc) is 3.10. The first-order valence-corrected chi connectivity index (χ1v) is 9.64. The van der Waals surface area contributed by atoms with Gasteiger partial charge in [0, 0.05) is 17.8 Å². The second kappa shape index (κ2) is 8.20. The number of halogens is 1. The van der Waals surface area contributed by atoms with Crippen molar-refractivity contribution in [2.24, 2.45) is 0 Å². The van der Waals surface area contributed by atoms with Crippen LogP contribution in [-0.2, 0) is 4.74 Å². The number of benzene rings is 1. The lowest BCUT2D eigenvalue weighted by Gasteiger charge is -2.30. The van der Waals surface area contributed by atoms with E-state index in [-0.39, 0.29) is 23.9 Å². The molecule has 1 aliphatic carbocycles. The highest BCUT2D eigenvalue weighted by Gasteiger charge is 2.26. The Kier molecular flexibility index (Phi) is 5.91. The molecule has 0 spiro atoms. The van der Waals surface area contributed by atoms with Crippen molar-refractivity contribution in [3.63, 3.8) is 0 Å². The number of amides is 1. The van der Waals surface area contributed by atoms with Crippen LogP contribution in [0.4, 0.5) is 9.18 Å². The van der Waals surface area contributed by atoms with Gasteiger partial charge in [-0.1, -0.05) is 0 Å². The predicted octanol–water partition coefficient (Wildman–Crippen LogP) is 4.71. The number of carbonyl (C=O) groups excluding carboxylic acids is 1. The summed E-state index contributed by atoms with van der Waals surface area (Å²) in [5.41, 5.74) is 0.959. The van der Waals surface area contributed by atoms with E-state index in [2.05, 4.69) is 10.4 Å². The molecule has 0 saturated heterocycles. The van der Waals surface area contributed by atoms with Gasteiger partial charge in [0.15, 0.2) is 11.6 Å². The van der Waals surface area contributed by atoms with Gasteiger partial charge in [-0.3, -0.25) is 4.68 Å². The number of alkyl carbamates (subject to hydrolysis) is 1. The summed E-state index contributed by atoms with van der Waals surface area (Å²) in [6, 6.07) is 7.14. The second-order valence-electron chi connectivity index (χ2n) is 8.18. The van der Waals surface area contributed by atoms with Crippen molar-refractivity contribution in [1.82, 2.24) is 15.1 Å². The molecule has 7 heteroatoms. The van der Waals surface area contributed by atoms with Gasteiger partial charge in [0.2, 0.25) is 0 Å². The molecule has 0 atom stereocenters. The van der Waals surface area contributed by atoms with Gasteiger partial charge < -0.3 is 14.8 Å². The number of hydrogen-bond acceptors (Lipinski definition) is 4. The maximum atomic E-state index is 13.9. The van der Waals surface area contributed by atoms with Crippen molar-refractivity contribution < 1.29 is 18.7 Å². The van der Waals surface area contributed by atoms with Crippen LogP contribution in [0, 0.1) is 5.82 Å². The number of ether oxygens (including phenoxy) is 2. The Balaban J connectivity index is 1.57. The standard InChI is InChI=1S/C21H28FN3O3/c1-21(2,3)28-20(26)23-15-6-8-16(9-7-15)25-12-11-18(24-25)14-5-10-19(27-4)17(22)13-14/h5,10-13,15-16H,6-9H2,1-4H3,(H,23,26). The van der Waals surface area contributed by atoms with Crippen molar-refractivity contribution in [2.45, 2.75) is 64.1 Å². The van der Waals surface area contributed by atoms with E-state index in [1.165, 1.54) is 13.2 Å². The molecule has 1 fully saturated rings. The van der Waals surface area contributed by atoms with Crippen molar-refractivity contribution in [3.05, 3.63) is 36.3 Å². The van der Waals surface area contributed by atoms with Crippen molar-refractivity contribution in [1.29, 1.82) is 0 Å². The zero-order chi connectivity index (χ0) is 20.3. The van der Waals surface area contributed by atoms with Crippen LogP contribution in [-0.4, -0.2) is 34.6 Å². The van der Waals surface area contributed by atoms with Crippen LogP contribution in [0.2, 0.25) is 0 Å². The van der Waals surface area contributed by atoms with Gasteiger partial charge in [0.25, 0.3) is 0 Å². The Morgan fingerprint density at radius 1 is 1.21 bits per heavy atom. The highest BCUT2D eigenvalue weighted by atomic mass is 19.1. The highest BCUT2D eigenvalue weighted by Crippen LogP contribution is 2.30. The first-order chi connectivity index (χ1) is 13.2. The third-order valence-corrected chi connectivity index (χ3v) is 4.85. The molecule has 0 aliphatic heterocycles. The molecular weight excluding hydrogens is 361 g/mol. The fourth-order valence-corrected chi connectivity index (χ4v) is 3.48. The Morgan fingerprint density at radius 2 is 1.93 bits per heavy atom. The third kappa shape index (κ3) is 5.03. The Morgan fingerprint density at radius 3 is 2.54 bits per heavy atom. The van der Waals surface area contributed by atoms with Gasteiger partial charge in [-0.25, -0.2) is 9.18 Å². The molecule has 1 aromatic heterocycles. The number of carbonyl (C=O) groups is 1. The zero-order valence-corrected chi connectivity index (χ0v) is 16.9. The molecule has 1 amide bonds. The van der Waals surface area contributed by atoms with Crippen LogP contribution in [0.5, 0.6) is 5.75 Å². The highest BCUT2D eigenvalue weighted by molar-refractivity contribution is 5.68. The third-order valence-electron chi connectivity index (χ3n) is 4.85. The first-order valence-electron chi connectivity index (χ1n) is 9.64. The molecule has 1 aliphatic rings. The monoisotopic (exact) mass is 389 g/mol. The summed E-state index contributed by atoms with van der Waals surface area (Å²) < 4.78 is 26.2. The number of hydrogen-bond donors (Lipinski definition) is 1. The quantitative estimate of drug-likeness (QED) is 0.823. The van der Waals surface area contributed by atoms with Crippen molar-refractivity contribution in [3.8, 4) is 17.0 Å². The van der Waals surface area contributed by atoms with Crippen LogP contribution in [0.3, 0.4) is 0 Å². The minimum absolute atomic E-state index is 0.122. The molecule has 0 unspecified atom stereocenters. The van der Waals surface area contributed by atoms with E-state index in [1.807, 2.05) is 37.7 Å². The summed E-state index contributed by atoms with van der Waals surface area (Å²) >= 11 is 0. The molecule has 1 saturated carbocycles. The lowest BCUT2D eigenvalue weighted by Crippen LogP contribution is -2.41. The predicted molar refractivity (Wildman–Crippen MR) is 105 cm³/mol. The van der Waals surface area contributed by atoms with Gasteiger partial charge in [-0.15, -0.1) is 0 Å². The Labute approximate surface area is 165 Å². The number of rotatable bonds is 4. The minimum atomic E-state index is -0.492. The molecular formula is C21H28FN3O3. The lowest BCUT2D eigenvalue weighted by atomic mass is 9.91. The summed E-state index contributed by atoms with van der Waals surface area (Å²) in [6.07, 6.45) is 5.15. The van der Waals surface area contributed by atoms with Crippen LogP contribution < -0.4 is 10.1 Å². The molecule has 1 N–H and O–H groups in total. The summed E-state index contributed by atoms with van der Waals surface area (Å²) in [5, 5.41) is 7.58. The fourth-order valence-electron chi connectivity index (χ4n) is 3.48. The van der Waals surface area contributed by atoms with Gasteiger partial charge in [-0.05, 0) is 70.7 Å². The van der Waals surface area contributed by atoms with Gasteiger partial charge in [-0.2, -0.15) is 5.10 Å². The molecule has 0 radical (unpaired) electrons. The van der Waals surface area contributed by atoms with Gasteiger partial charge >= 0.3 is 6.09 Å². The zero-order valence-electron chi connectivity index (χ0n) is 16.9. The fraction of sp³-hybridized carbons (Fsp3) is 0.524. The SMILES string of the molecule is COc1ccc(-c2ccn(C3CCC(NC(=O)OC(C)(C)C)CC3)n2)cc1F. The van der Waals surface area contributed by atoms with E-state index in [9.17, 15) is 9.18 Å². The topological polar surface area (TPSA) is 65.4 Å². The van der Waals surface area contributed by atoms with Crippen LogP contribution in [0.1, 0.15) is 52.5 Å². The maximum Gasteiger partial charge on any atom is 0.407 e.